The highest BCUT2D eigenvalue weighted by atomic mass is 16.7. The van der Waals surface area contributed by atoms with E-state index in [1.165, 1.54) is 14.2 Å². The Morgan fingerprint density at radius 3 is 1.70 bits per heavy atom. The molecule has 0 bridgehead atoms. The van der Waals surface area contributed by atoms with Gasteiger partial charge in [0.1, 0.15) is 31.4 Å². The van der Waals surface area contributed by atoms with Crippen molar-refractivity contribution in [1.82, 2.24) is 0 Å². The molecule has 0 spiro atoms. The van der Waals surface area contributed by atoms with E-state index < -0.39 is 36.0 Å². The summed E-state index contributed by atoms with van der Waals surface area (Å²) in [6.07, 6.45) is -4.25. The Kier molecular flexibility index (Phi) is 9.40. The van der Waals surface area contributed by atoms with E-state index in [-0.39, 0.29) is 20.2 Å². The van der Waals surface area contributed by atoms with Crippen LogP contribution in [0.25, 0.3) is 0 Å². The number of hydrogen-bond acceptors (Lipinski definition) is 8. The summed E-state index contributed by atoms with van der Waals surface area (Å²) < 4.78 is 33.3. The minimum Gasteiger partial charge on any atom is -0.455 e. The molecule has 0 aliphatic carbocycles. The van der Waals surface area contributed by atoms with Crippen LogP contribution in [0.2, 0.25) is 0 Å². The number of methoxy groups -OCH3 is 2. The number of carbonyl (C=O) groups is 1. The van der Waals surface area contributed by atoms with E-state index in [1.54, 1.807) is 0 Å². The van der Waals surface area contributed by atoms with Gasteiger partial charge in [0.05, 0.1) is 6.61 Å². The van der Waals surface area contributed by atoms with Crippen molar-refractivity contribution in [3.05, 3.63) is 108 Å². The summed E-state index contributed by atoms with van der Waals surface area (Å²) >= 11 is 0. The molecule has 37 heavy (non-hydrogen) atoms. The predicted molar refractivity (Wildman–Crippen MR) is 135 cm³/mol. The van der Waals surface area contributed by atoms with Gasteiger partial charge >= 0.3 is 5.97 Å². The van der Waals surface area contributed by atoms with Crippen molar-refractivity contribution in [2.75, 3.05) is 34.4 Å². The third kappa shape index (κ3) is 5.91. The molecular formula is C29H32O8. The molecule has 1 aliphatic rings. The molecule has 3 aromatic carbocycles. The fourth-order valence-electron chi connectivity index (χ4n) is 4.58. The normalized spacial score (nSPS) is 20.5. The Labute approximate surface area is 216 Å². The van der Waals surface area contributed by atoms with Crippen molar-refractivity contribution in [1.29, 1.82) is 0 Å². The van der Waals surface area contributed by atoms with Gasteiger partial charge in [-0.3, -0.25) is 0 Å². The highest BCUT2D eigenvalue weighted by Gasteiger charge is 2.50. The standard InChI is InChI=1S/C29H32O8/c1-32-19-34-26-25(37-28(31)27(26)35-20-33-2)24(30)18-36-29(21-12-6-3-7-13-21,22-14-8-4-9-15-22)23-16-10-5-11-17-23/h3-17,24-27,30H,18-20H2,1-2H3/t24-,25+,26+,27-/m0/s1. The van der Waals surface area contributed by atoms with E-state index in [0.717, 1.165) is 16.7 Å². The van der Waals surface area contributed by atoms with Crippen LogP contribution >= 0.6 is 0 Å². The second kappa shape index (κ2) is 12.9. The van der Waals surface area contributed by atoms with E-state index in [1.807, 2.05) is 91.0 Å². The molecule has 0 saturated carbocycles. The average molecular weight is 509 g/mol. The van der Waals surface area contributed by atoms with Gasteiger partial charge in [0.25, 0.3) is 0 Å². The van der Waals surface area contributed by atoms with Gasteiger partial charge in [0, 0.05) is 14.2 Å². The summed E-state index contributed by atoms with van der Waals surface area (Å²) in [5.41, 5.74) is 1.62. The van der Waals surface area contributed by atoms with Gasteiger partial charge in [-0.2, -0.15) is 0 Å². The lowest BCUT2D eigenvalue weighted by molar-refractivity contribution is -0.166. The number of carbonyl (C=O) groups excluding carboxylic acids is 1. The summed E-state index contributed by atoms with van der Waals surface area (Å²) in [5, 5.41) is 11.3. The van der Waals surface area contributed by atoms with Crippen molar-refractivity contribution >= 4 is 5.97 Å². The summed E-state index contributed by atoms with van der Waals surface area (Å²) in [5.74, 6) is -0.650. The second-order valence-electron chi connectivity index (χ2n) is 8.59. The lowest BCUT2D eigenvalue weighted by atomic mass is 9.80. The number of esters is 1. The summed E-state index contributed by atoms with van der Waals surface area (Å²) in [4.78, 5) is 12.6. The second-order valence-corrected chi connectivity index (χ2v) is 8.59. The Morgan fingerprint density at radius 2 is 1.24 bits per heavy atom. The first-order valence-corrected chi connectivity index (χ1v) is 12.0. The molecule has 1 N–H and O–H groups in total. The number of hydrogen-bond donors (Lipinski definition) is 1. The molecule has 4 rings (SSSR count). The van der Waals surface area contributed by atoms with Crippen LogP contribution in [-0.4, -0.2) is 69.9 Å². The maximum atomic E-state index is 12.6. The molecule has 196 valence electrons. The van der Waals surface area contributed by atoms with E-state index in [9.17, 15) is 9.90 Å². The first-order valence-electron chi connectivity index (χ1n) is 12.0. The number of rotatable bonds is 13. The monoisotopic (exact) mass is 508 g/mol. The molecule has 0 aromatic heterocycles. The van der Waals surface area contributed by atoms with Gasteiger partial charge in [0.2, 0.25) is 0 Å². The van der Waals surface area contributed by atoms with Crippen molar-refractivity contribution in [3.8, 4) is 0 Å². The predicted octanol–water partition coefficient (Wildman–Crippen LogP) is 3.26. The van der Waals surface area contributed by atoms with E-state index in [0.29, 0.717) is 0 Å². The molecule has 0 radical (unpaired) electrons. The highest BCUT2D eigenvalue weighted by Crippen LogP contribution is 2.41. The molecule has 4 atom stereocenters. The SMILES string of the molecule is COCO[C@@H]1[C@@H]([C@@H](O)COC(c2ccccc2)(c2ccccc2)c2ccccc2)OC(=O)[C@H]1OCOC. The van der Waals surface area contributed by atoms with Gasteiger partial charge in [-0.25, -0.2) is 4.79 Å². The molecule has 8 nitrogen and oxygen atoms in total. The molecule has 1 saturated heterocycles. The third-order valence-corrected chi connectivity index (χ3v) is 6.24. The zero-order valence-electron chi connectivity index (χ0n) is 20.9. The average Bonchev–Trinajstić information content (AvgIpc) is 3.27. The maximum Gasteiger partial charge on any atom is 0.338 e. The molecular weight excluding hydrogens is 476 g/mol. The lowest BCUT2D eigenvalue weighted by Gasteiger charge is -2.37. The van der Waals surface area contributed by atoms with Crippen LogP contribution in [0.3, 0.4) is 0 Å². The topological polar surface area (TPSA) is 92.7 Å². The largest absolute Gasteiger partial charge is 0.455 e. The van der Waals surface area contributed by atoms with E-state index in [4.69, 9.17) is 28.4 Å². The number of aliphatic hydroxyl groups excluding tert-OH is 1. The van der Waals surface area contributed by atoms with Crippen LogP contribution in [0.5, 0.6) is 0 Å². The van der Waals surface area contributed by atoms with Gasteiger partial charge < -0.3 is 33.5 Å². The fraction of sp³-hybridized carbons (Fsp3) is 0.345. The number of ether oxygens (including phenoxy) is 6. The number of cyclic esters (lactones) is 1. The van der Waals surface area contributed by atoms with Crippen molar-refractivity contribution in [3.63, 3.8) is 0 Å². The smallest absolute Gasteiger partial charge is 0.338 e. The molecule has 1 fully saturated rings. The molecule has 1 aliphatic heterocycles. The summed E-state index contributed by atoms with van der Waals surface area (Å²) in [6, 6.07) is 29.4. The van der Waals surface area contributed by atoms with Crippen molar-refractivity contribution in [2.24, 2.45) is 0 Å². The molecule has 0 amide bonds. The fourth-order valence-corrected chi connectivity index (χ4v) is 4.58. The van der Waals surface area contributed by atoms with Gasteiger partial charge in [-0.15, -0.1) is 0 Å². The minimum absolute atomic E-state index is 0.111. The van der Waals surface area contributed by atoms with Crippen LogP contribution in [0.15, 0.2) is 91.0 Å². The highest BCUT2D eigenvalue weighted by molar-refractivity contribution is 5.78. The first kappa shape index (κ1) is 26.9. The zero-order chi connectivity index (χ0) is 26.1. The first-order chi connectivity index (χ1) is 18.1. The lowest BCUT2D eigenvalue weighted by Crippen LogP contribution is -2.45. The Hall–Kier alpha value is -3.11. The van der Waals surface area contributed by atoms with Crippen molar-refractivity contribution in [2.45, 2.75) is 30.0 Å². The molecule has 8 heteroatoms. The molecule has 1 heterocycles. The summed E-state index contributed by atoms with van der Waals surface area (Å²) in [6.45, 7) is -0.411. The van der Waals surface area contributed by atoms with Crippen LogP contribution in [0.1, 0.15) is 16.7 Å². The molecule has 0 unspecified atom stereocenters. The van der Waals surface area contributed by atoms with Crippen LogP contribution < -0.4 is 0 Å². The number of benzene rings is 3. The quantitative estimate of drug-likeness (QED) is 0.214. The molecule has 3 aromatic rings. The maximum absolute atomic E-state index is 12.6. The van der Waals surface area contributed by atoms with Gasteiger partial charge in [-0.05, 0) is 16.7 Å². The third-order valence-electron chi connectivity index (χ3n) is 6.24. The minimum atomic E-state index is -1.22. The van der Waals surface area contributed by atoms with Crippen molar-refractivity contribution < 1.29 is 38.3 Å². The Morgan fingerprint density at radius 1 is 0.784 bits per heavy atom. The van der Waals surface area contributed by atoms with E-state index >= 15 is 0 Å². The van der Waals surface area contributed by atoms with E-state index in [2.05, 4.69) is 0 Å². The summed E-state index contributed by atoms with van der Waals surface area (Å²) in [7, 11) is 2.91. The Balaban J connectivity index is 1.67. The Bertz CT molecular complexity index is 996. The number of aliphatic hydroxyl groups is 1. The van der Waals surface area contributed by atoms with Crippen LogP contribution in [-0.2, 0) is 38.8 Å². The van der Waals surface area contributed by atoms with Crippen LogP contribution in [0, 0.1) is 0 Å². The van der Waals surface area contributed by atoms with Crippen LogP contribution in [0.4, 0.5) is 0 Å². The van der Waals surface area contributed by atoms with Gasteiger partial charge in [0.15, 0.2) is 12.2 Å². The van der Waals surface area contributed by atoms with Gasteiger partial charge in [-0.1, -0.05) is 91.0 Å². The zero-order valence-corrected chi connectivity index (χ0v) is 20.9.